The van der Waals surface area contributed by atoms with Crippen molar-refractivity contribution in [3.05, 3.63) is 30.0 Å². The molecule has 0 radical (unpaired) electrons. The summed E-state index contributed by atoms with van der Waals surface area (Å²) in [5, 5.41) is 11.0. The van der Waals surface area contributed by atoms with Crippen LogP contribution in [0.2, 0.25) is 0 Å². The molecular formula is C11H16N6. The van der Waals surface area contributed by atoms with Crippen LogP contribution in [0.5, 0.6) is 0 Å². The van der Waals surface area contributed by atoms with E-state index >= 15 is 0 Å². The van der Waals surface area contributed by atoms with Crippen molar-refractivity contribution in [3.8, 4) is 0 Å². The van der Waals surface area contributed by atoms with Gasteiger partial charge in [-0.25, -0.2) is 4.98 Å². The Morgan fingerprint density at radius 1 is 1.47 bits per heavy atom. The summed E-state index contributed by atoms with van der Waals surface area (Å²) in [6.45, 7) is 2.69. The van der Waals surface area contributed by atoms with E-state index in [1.165, 1.54) is 0 Å². The molecule has 0 aliphatic carbocycles. The van der Waals surface area contributed by atoms with Gasteiger partial charge in [0.2, 0.25) is 0 Å². The van der Waals surface area contributed by atoms with Crippen LogP contribution in [-0.4, -0.2) is 26.3 Å². The minimum atomic E-state index is 0.669. The summed E-state index contributed by atoms with van der Waals surface area (Å²) in [6, 6.07) is 1.90. The standard InChI is InChI=1S/C11H16N6/c1-8-5-9(12)11(14-6-8)13-4-3-10-16-15-7-17(10)2/h5-7H,3-4,12H2,1-2H3,(H,13,14). The number of nitrogens with one attached hydrogen (secondary N) is 1. The van der Waals surface area contributed by atoms with Crippen LogP contribution < -0.4 is 11.1 Å². The Balaban J connectivity index is 1.92. The number of nitrogen functional groups attached to an aromatic ring is 1. The molecule has 6 nitrogen and oxygen atoms in total. The number of pyridine rings is 1. The Morgan fingerprint density at radius 3 is 2.94 bits per heavy atom. The zero-order valence-electron chi connectivity index (χ0n) is 10.0. The molecule has 0 aliphatic heterocycles. The molecular weight excluding hydrogens is 216 g/mol. The maximum absolute atomic E-state index is 5.85. The van der Waals surface area contributed by atoms with Gasteiger partial charge in [-0.15, -0.1) is 10.2 Å². The van der Waals surface area contributed by atoms with Crippen molar-refractivity contribution in [1.82, 2.24) is 19.7 Å². The lowest BCUT2D eigenvalue weighted by atomic mass is 10.3. The van der Waals surface area contributed by atoms with Crippen molar-refractivity contribution in [2.75, 3.05) is 17.6 Å². The van der Waals surface area contributed by atoms with E-state index in [1.807, 2.05) is 24.6 Å². The predicted molar refractivity (Wildman–Crippen MR) is 66.6 cm³/mol. The van der Waals surface area contributed by atoms with Gasteiger partial charge in [-0.3, -0.25) is 0 Å². The summed E-state index contributed by atoms with van der Waals surface area (Å²) in [5.41, 5.74) is 7.58. The molecule has 0 spiro atoms. The Hall–Kier alpha value is -2.11. The highest BCUT2D eigenvalue weighted by atomic mass is 15.2. The Kier molecular flexibility index (Phi) is 3.22. The fourth-order valence-corrected chi connectivity index (χ4v) is 1.57. The van der Waals surface area contributed by atoms with Crippen LogP contribution in [-0.2, 0) is 13.5 Å². The molecule has 2 aromatic heterocycles. The minimum Gasteiger partial charge on any atom is -0.396 e. The van der Waals surface area contributed by atoms with Gasteiger partial charge in [0.15, 0.2) is 0 Å². The van der Waals surface area contributed by atoms with Gasteiger partial charge in [-0.05, 0) is 18.6 Å². The van der Waals surface area contributed by atoms with Crippen molar-refractivity contribution in [3.63, 3.8) is 0 Å². The molecule has 0 aromatic carbocycles. The SMILES string of the molecule is Cc1cnc(NCCc2nncn2C)c(N)c1. The summed E-state index contributed by atoms with van der Waals surface area (Å²) in [5.74, 6) is 1.65. The van der Waals surface area contributed by atoms with E-state index in [1.54, 1.807) is 12.5 Å². The Bertz CT molecular complexity index is 504. The van der Waals surface area contributed by atoms with E-state index in [0.29, 0.717) is 5.69 Å². The maximum atomic E-state index is 5.85. The van der Waals surface area contributed by atoms with Crippen molar-refractivity contribution in [1.29, 1.82) is 0 Å². The summed E-state index contributed by atoms with van der Waals surface area (Å²) < 4.78 is 1.90. The summed E-state index contributed by atoms with van der Waals surface area (Å²) in [6.07, 6.45) is 4.26. The van der Waals surface area contributed by atoms with Crippen LogP contribution in [0.4, 0.5) is 11.5 Å². The largest absolute Gasteiger partial charge is 0.396 e. The molecule has 17 heavy (non-hydrogen) atoms. The van der Waals surface area contributed by atoms with E-state index in [2.05, 4.69) is 20.5 Å². The first-order chi connectivity index (χ1) is 8.16. The van der Waals surface area contributed by atoms with Crippen LogP contribution in [0.25, 0.3) is 0 Å². The number of anilines is 2. The fraction of sp³-hybridized carbons (Fsp3) is 0.364. The van der Waals surface area contributed by atoms with Gasteiger partial charge in [0.05, 0.1) is 5.69 Å². The molecule has 2 rings (SSSR count). The molecule has 0 aliphatic rings. The first-order valence-corrected chi connectivity index (χ1v) is 5.45. The monoisotopic (exact) mass is 232 g/mol. The van der Waals surface area contributed by atoms with Crippen LogP contribution in [0.1, 0.15) is 11.4 Å². The first-order valence-electron chi connectivity index (χ1n) is 5.45. The first kappa shape index (κ1) is 11.4. The third-order valence-corrected chi connectivity index (χ3v) is 2.50. The Morgan fingerprint density at radius 2 is 2.29 bits per heavy atom. The highest BCUT2D eigenvalue weighted by Crippen LogP contribution is 2.15. The van der Waals surface area contributed by atoms with Gasteiger partial charge in [-0.1, -0.05) is 0 Å². The molecule has 0 saturated heterocycles. The average Bonchev–Trinajstić information content (AvgIpc) is 2.68. The van der Waals surface area contributed by atoms with Gasteiger partial charge in [0.1, 0.15) is 18.0 Å². The minimum absolute atomic E-state index is 0.669. The predicted octanol–water partition coefficient (Wildman–Crippen LogP) is 0.755. The smallest absolute Gasteiger partial charge is 0.149 e. The van der Waals surface area contributed by atoms with Crippen molar-refractivity contribution >= 4 is 11.5 Å². The topological polar surface area (TPSA) is 81.7 Å². The lowest BCUT2D eigenvalue weighted by Gasteiger charge is -2.08. The second-order valence-corrected chi connectivity index (χ2v) is 3.99. The molecule has 0 unspecified atom stereocenters. The number of nitrogens with zero attached hydrogens (tertiary/aromatic N) is 4. The molecule has 6 heteroatoms. The van der Waals surface area contributed by atoms with Gasteiger partial charge in [0, 0.05) is 26.2 Å². The normalized spacial score (nSPS) is 10.5. The molecule has 3 N–H and O–H groups in total. The zero-order chi connectivity index (χ0) is 12.3. The highest BCUT2D eigenvalue weighted by Gasteiger charge is 2.03. The van der Waals surface area contributed by atoms with Gasteiger partial charge < -0.3 is 15.6 Å². The van der Waals surface area contributed by atoms with E-state index in [-0.39, 0.29) is 0 Å². The van der Waals surface area contributed by atoms with Crippen molar-refractivity contribution in [2.45, 2.75) is 13.3 Å². The quantitative estimate of drug-likeness (QED) is 0.813. The molecule has 2 heterocycles. The van der Waals surface area contributed by atoms with E-state index < -0.39 is 0 Å². The molecule has 0 bridgehead atoms. The summed E-state index contributed by atoms with van der Waals surface area (Å²) in [7, 11) is 1.92. The highest BCUT2D eigenvalue weighted by molar-refractivity contribution is 5.61. The van der Waals surface area contributed by atoms with Crippen LogP contribution in [0.15, 0.2) is 18.6 Å². The van der Waals surface area contributed by atoms with Gasteiger partial charge in [0.25, 0.3) is 0 Å². The molecule has 0 amide bonds. The summed E-state index contributed by atoms with van der Waals surface area (Å²) >= 11 is 0. The summed E-state index contributed by atoms with van der Waals surface area (Å²) in [4.78, 5) is 4.24. The number of aryl methyl sites for hydroxylation is 2. The second-order valence-electron chi connectivity index (χ2n) is 3.99. The van der Waals surface area contributed by atoms with E-state index in [9.17, 15) is 0 Å². The molecule has 0 atom stereocenters. The number of rotatable bonds is 4. The van der Waals surface area contributed by atoms with E-state index in [4.69, 9.17) is 5.73 Å². The second kappa shape index (κ2) is 4.82. The third-order valence-electron chi connectivity index (χ3n) is 2.50. The van der Waals surface area contributed by atoms with Crippen LogP contribution in [0, 0.1) is 6.92 Å². The van der Waals surface area contributed by atoms with Gasteiger partial charge in [-0.2, -0.15) is 0 Å². The number of hydrogen-bond donors (Lipinski definition) is 2. The molecule has 2 aromatic rings. The number of aromatic nitrogens is 4. The van der Waals surface area contributed by atoms with Crippen molar-refractivity contribution in [2.24, 2.45) is 7.05 Å². The number of nitrogens with two attached hydrogens (primary N) is 1. The number of hydrogen-bond acceptors (Lipinski definition) is 5. The fourth-order valence-electron chi connectivity index (χ4n) is 1.57. The van der Waals surface area contributed by atoms with Crippen molar-refractivity contribution < 1.29 is 0 Å². The average molecular weight is 232 g/mol. The molecule has 90 valence electrons. The molecule has 0 fully saturated rings. The molecule has 0 saturated carbocycles. The zero-order valence-corrected chi connectivity index (χ0v) is 10.0. The van der Waals surface area contributed by atoms with Gasteiger partial charge >= 0.3 is 0 Å². The lowest BCUT2D eigenvalue weighted by molar-refractivity contribution is 0.787. The lowest BCUT2D eigenvalue weighted by Crippen LogP contribution is -2.11. The third kappa shape index (κ3) is 2.72. The van der Waals surface area contributed by atoms with E-state index in [0.717, 1.165) is 30.2 Å². The van der Waals surface area contributed by atoms with Crippen LogP contribution >= 0.6 is 0 Å². The maximum Gasteiger partial charge on any atom is 0.149 e. The van der Waals surface area contributed by atoms with Crippen LogP contribution in [0.3, 0.4) is 0 Å². The Labute approximate surface area is 99.9 Å².